The van der Waals surface area contributed by atoms with Crippen LogP contribution in [0.4, 0.5) is 0 Å². The Bertz CT molecular complexity index is 173. The Morgan fingerprint density at radius 1 is 1.73 bits per heavy atom. The Hall–Kier alpha value is -0.570. The largest absolute Gasteiger partial charge is 0.478 e. The summed E-state index contributed by atoms with van der Waals surface area (Å²) >= 11 is 0. The van der Waals surface area contributed by atoms with E-state index < -0.39 is 0 Å². The van der Waals surface area contributed by atoms with Crippen molar-refractivity contribution in [1.29, 1.82) is 0 Å². The van der Waals surface area contributed by atoms with Gasteiger partial charge < -0.3 is 9.84 Å². The summed E-state index contributed by atoms with van der Waals surface area (Å²) < 4.78 is 5.27. The number of hydrogen-bond acceptors (Lipinski definition) is 3. The smallest absolute Gasteiger partial charge is 0.186 e. The zero-order valence-electron chi connectivity index (χ0n) is 7.29. The first kappa shape index (κ1) is 8.53. The van der Waals surface area contributed by atoms with Crippen LogP contribution in [0.2, 0.25) is 0 Å². The lowest BCUT2D eigenvalue weighted by Gasteiger charge is -2.07. The SMILES string of the molecule is C[C@@H](O)CC1=NC(C)(C)CO1. The highest BCUT2D eigenvalue weighted by Gasteiger charge is 2.26. The molecule has 3 heteroatoms. The Morgan fingerprint density at radius 2 is 2.36 bits per heavy atom. The average Bonchev–Trinajstić information content (AvgIpc) is 2.08. The van der Waals surface area contributed by atoms with Gasteiger partial charge in [-0.15, -0.1) is 0 Å². The lowest BCUT2D eigenvalue weighted by atomic mass is 10.1. The van der Waals surface area contributed by atoms with Gasteiger partial charge in [-0.25, -0.2) is 4.99 Å². The molecule has 0 saturated heterocycles. The Labute approximate surface area is 67.1 Å². The maximum atomic E-state index is 9.02. The van der Waals surface area contributed by atoms with Crippen molar-refractivity contribution < 1.29 is 9.84 Å². The van der Waals surface area contributed by atoms with Crippen LogP contribution in [0.25, 0.3) is 0 Å². The van der Waals surface area contributed by atoms with Gasteiger partial charge in [0, 0.05) is 6.42 Å². The van der Waals surface area contributed by atoms with E-state index in [1.165, 1.54) is 0 Å². The molecule has 0 radical (unpaired) electrons. The maximum absolute atomic E-state index is 9.02. The zero-order chi connectivity index (χ0) is 8.48. The molecule has 0 amide bonds. The molecule has 1 atom stereocenters. The summed E-state index contributed by atoms with van der Waals surface area (Å²) in [6, 6.07) is 0. The van der Waals surface area contributed by atoms with E-state index in [-0.39, 0.29) is 11.6 Å². The highest BCUT2D eigenvalue weighted by atomic mass is 16.5. The molecule has 0 bridgehead atoms. The Morgan fingerprint density at radius 3 is 2.73 bits per heavy atom. The lowest BCUT2D eigenvalue weighted by Crippen LogP contribution is -2.17. The molecule has 64 valence electrons. The second-order valence-corrected chi connectivity index (χ2v) is 3.66. The van der Waals surface area contributed by atoms with Crippen molar-refractivity contribution >= 4 is 5.90 Å². The molecule has 0 fully saturated rings. The first-order valence-corrected chi connectivity index (χ1v) is 3.89. The van der Waals surface area contributed by atoms with E-state index in [4.69, 9.17) is 9.84 Å². The molecule has 3 nitrogen and oxygen atoms in total. The van der Waals surface area contributed by atoms with E-state index in [1.54, 1.807) is 6.92 Å². The summed E-state index contributed by atoms with van der Waals surface area (Å²) in [7, 11) is 0. The maximum Gasteiger partial charge on any atom is 0.186 e. The monoisotopic (exact) mass is 157 g/mol. The number of hydrogen-bond donors (Lipinski definition) is 1. The Balaban J connectivity index is 2.49. The summed E-state index contributed by atoms with van der Waals surface area (Å²) in [5.41, 5.74) is -0.0930. The molecule has 1 rings (SSSR count). The van der Waals surface area contributed by atoms with E-state index in [9.17, 15) is 0 Å². The number of rotatable bonds is 2. The fourth-order valence-electron chi connectivity index (χ4n) is 1.02. The van der Waals surface area contributed by atoms with Crippen LogP contribution < -0.4 is 0 Å². The first-order chi connectivity index (χ1) is 4.99. The molecule has 0 aliphatic carbocycles. The predicted octanol–water partition coefficient (Wildman–Crippen LogP) is 0.965. The van der Waals surface area contributed by atoms with E-state index in [2.05, 4.69) is 4.99 Å². The van der Waals surface area contributed by atoms with Crippen LogP contribution >= 0.6 is 0 Å². The molecule has 1 aliphatic rings. The van der Waals surface area contributed by atoms with Gasteiger partial charge in [0.1, 0.15) is 6.61 Å². The number of nitrogens with zero attached hydrogens (tertiary/aromatic N) is 1. The molecule has 1 heterocycles. The highest BCUT2D eigenvalue weighted by Crippen LogP contribution is 2.18. The third-order valence-electron chi connectivity index (χ3n) is 1.49. The van der Waals surface area contributed by atoms with Crippen molar-refractivity contribution in [2.75, 3.05) is 6.61 Å². The second kappa shape index (κ2) is 2.81. The van der Waals surface area contributed by atoms with Crippen molar-refractivity contribution in [1.82, 2.24) is 0 Å². The van der Waals surface area contributed by atoms with E-state index >= 15 is 0 Å². The molecule has 0 aromatic rings. The minimum Gasteiger partial charge on any atom is -0.478 e. The molecule has 11 heavy (non-hydrogen) atoms. The molecule has 0 unspecified atom stereocenters. The average molecular weight is 157 g/mol. The summed E-state index contributed by atoms with van der Waals surface area (Å²) in [6.07, 6.45) is 0.173. The van der Waals surface area contributed by atoms with Gasteiger partial charge in [-0.2, -0.15) is 0 Å². The Kier molecular flexibility index (Phi) is 2.18. The van der Waals surface area contributed by atoms with Crippen molar-refractivity contribution in [3.05, 3.63) is 0 Å². The molecular weight excluding hydrogens is 142 g/mol. The summed E-state index contributed by atoms with van der Waals surface area (Å²) in [6.45, 7) is 6.40. The minimum atomic E-state index is -0.359. The summed E-state index contributed by atoms with van der Waals surface area (Å²) in [4.78, 5) is 4.30. The number of ether oxygens (including phenoxy) is 1. The summed E-state index contributed by atoms with van der Waals surface area (Å²) in [5.74, 6) is 0.685. The van der Waals surface area contributed by atoms with Crippen LogP contribution in [0.5, 0.6) is 0 Å². The minimum absolute atomic E-state index is 0.0930. The molecular formula is C8H15NO2. The summed E-state index contributed by atoms with van der Waals surface area (Å²) in [5, 5.41) is 9.02. The van der Waals surface area contributed by atoms with Crippen LogP contribution in [-0.2, 0) is 4.74 Å². The van der Waals surface area contributed by atoms with Crippen LogP contribution in [0, 0.1) is 0 Å². The molecule has 1 N–H and O–H groups in total. The van der Waals surface area contributed by atoms with Gasteiger partial charge in [0.25, 0.3) is 0 Å². The van der Waals surface area contributed by atoms with Crippen LogP contribution in [0.15, 0.2) is 4.99 Å². The number of aliphatic hydroxyl groups excluding tert-OH is 1. The molecule has 0 spiro atoms. The van der Waals surface area contributed by atoms with Gasteiger partial charge in [-0.3, -0.25) is 0 Å². The van der Waals surface area contributed by atoms with Crippen molar-refractivity contribution in [3.8, 4) is 0 Å². The third kappa shape index (κ3) is 2.50. The number of aliphatic imine (C=N–C) groups is 1. The van der Waals surface area contributed by atoms with Crippen molar-refractivity contribution in [2.45, 2.75) is 38.8 Å². The van der Waals surface area contributed by atoms with Gasteiger partial charge in [0.05, 0.1) is 11.6 Å². The third-order valence-corrected chi connectivity index (χ3v) is 1.49. The van der Waals surface area contributed by atoms with Gasteiger partial charge in [0.2, 0.25) is 0 Å². The number of aliphatic hydroxyl groups is 1. The highest BCUT2D eigenvalue weighted by molar-refractivity contribution is 5.78. The van der Waals surface area contributed by atoms with E-state index in [0.29, 0.717) is 18.9 Å². The van der Waals surface area contributed by atoms with Gasteiger partial charge in [-0.1, -0.05) is 0 Å². The normalized spacial score (nSPS) is 24.2. The quantitative estimate of drug-likeness (QED) is 0.648. The molecule has 0 aromatic carbocycles. The van der Waals surface area contributed by atoms with Crippen molar-refractivity contribution in [3.63, 3.8) is 0 Å². The predicted molar refractivity (Wildman–Crippen MR) is 43.8 cm³/mol. The van der Waals surface area contributed by atoms with E-state index in [0.717, 1.165) is 0 Å². The zero-order valence-corrected chi connectivity index (χ0v) is 7.29. The molecule has 0 saturated carbocycles. The van der Waals surface area contributed by atoms with Gasteiger partial charge in [-0.05, 0) is 20.8 Å². The van der Waals surface area contributed by atoms with Crippen LogP contribution in [-0.4, -0.2) is 29.3 Å². The standard InChI is InChI=1S/C8H15NO2/c1-6(10)4-7-9-8(2,3)5-11-7/h6,10H,4-5H2,1-3H3/t6-/m1/s1. The molecule has 1 aliphatic heterocycles. The fraction of sp³-hybridized carbons (Fsp3) is 0.875. The lowest BCUT2D eigenvalue weighted by molar-refractivity contribution is 0.190. The first-order valence-electron chi connectivity index (χ1n) is 3.89. The van der Waals surface area contributed by atoms with Gasteiger partial charge in [0.15, 0.2) is 5.90 Å². The van der Waals surface area contributed by atoms with Crippen molar-refractivity contribution in [2.24, 2.45) is 4.99 Å². The van der Waals surface area contributed by atoms with Gasteiger partial charge >= 0.3 is 0 Å². The van der Waals surface area contributed by atoms with Crippen LogP contribution in [0.1, 0.15) is 27.2 Å². The fourth-order valence-corrected chi connectivity index (χ4v) is 1.02. The molecule has 0 aromatic heterocycles. The van der Waals surface area contributed by atoms with E-state index in [1.807, 2.05) is 13.8 Å². The topological polar surface area (TPSA) is 41.8 Å². The second-order valence-electron chi connectivity index (χ2n) is 3.66. The van der Waals surface area contributed by atoms with Crippen LogP contribution in [0.3, 0.4) is 0 Å².